The zero-order valence-electron chi connectivity index (χ0n) is 12.4. The van der Waals surface area contributed by atoms with Gasteiger partial charge in [0.15, 0.2) is 6.61 Å². The van der Waals surface area contributed by atoms with Crippen LogP contribution >= 0.6 is 0 Å². The predicted molar refractivity (Wildman–Crippen MR) is 86.8 cm³/mol. The average Bonchev–Trinajstić information content (AvgIpc) is 2.60. The first kappa shape index (κ1) is 15.3. The maximum Gasteiger partial charge on any atom is 0.269 e. The summed E-state index contributed by atoms with van der Waals surface area (Å²) in [6, 6.07) is 12.8. The molecule has 24 heavy (non-hydrogen) atoms. The van der Waals surface area contributed by atoms with Crippen molar-refractivity contribution in [1.82, 2.24) is 9.97 Å². The average molecular weight is 324 g/mol. The molecule has 0 fully saturated rings. The van der Waals surface area contributed by atoms with Crippen molar-refractivity contribution in [3.63, 3.8) is 0 Å². The van der Waals surface area contributed by atoms with Gasteiger partial charge in [0.1, 0.15) is 6.33 Å². The molecule has 0 saturated heterocycles. The SMILES string of the molecule is O=C(COc1ncnc2ccccc12)Nc1ccc([N+](=O)[O-])cc1. The summed E-state index contributed by atoms with van der Waals surface area (Å²) in [4.78, 5) is 30.2. The first-order valence-electron chi connectivity index (χ1n) is 7.00. The first-order chi connectivity index (χ1) is 11.6. The van der Waals surface area contributed by atoms with Gasteiger partial charge in [0.2, 0.25) is 5.88 Å². The van der Waals surface area contributed by atoms with Gasteiger partial charge in [0, 0.05) is 17.8 Å². The molecule has 0 saturated carbocycles. The van der Waals surface area contributed by atoms with Crippen LogP contribution in [-0.2, 0) is 4.79 Å². The van der Waals surface area contributed by atoms with Gasteiger partial charge in [-0.25, -0.2) is 9.97 Å². The van der Waals surface area contributed by atoms with E-state index >= 15 is 0 Å². The fourth-order valence-electron chi connectivity index (χ4n) is 2.09. The number of carbonyl (C=O) groups excluding carboxylic acids is 1. The van der Waals surface area contributed by atoms with Crippen molar-refractivity contribution in [3.8, 4) is 5.88 Å². The van der Waals surface area contributed by atoms with Crippen molar-refractivity contribution in [2.45, 2.75) is 0 Å². The Labute approximate surface area is 136 Å². The maximum absolute atomic E-state index is 11.9. The Morgan fingerprint density at radius 3 is 2.62 bits per heavy atom. The van der Waals surface area contributed by atoms with Gasteiger partial charge in [-0.2, -0.15) is 0 Å². The third-order valence-corrected chi connectivity index (χ3v) is 3.21. The van der Waals surface area contributed by atoms with Gasteiger partial charge in [0.25, 0.3) is 11.6 Å². The van der Waals surface area contributed by atoms with E-state index in [1.54, 1.807) is 6.07 Å². The zero-order chi connectivity index (χ0) is 16.9. The number of anilines is 1. The van der Waals surface area contributed by atoms with E-state index in [1.807, 2.05) is 18.2 Å². The lowest BCUT2D eigenvalue weighted by atomic mass is 10.2. The Balaban J connectivity index is 1.64. The molecular weight excluding hydrogens is 312 g/mol. The lowest BCUT2D eigenvalue weighted by Crippen LogP contribution is -2.20. The summed E-state index contributed by atoms with van der Waals surface area (Å²) in [7, 11) is 0. The van der Waals surface area contributed by atoms with Crippen LogP contribution in [0, 0.1) is 10.1 Å². The predicted octanol–water partition coefficient (Wildman–Crippen LogP) is 2.56. The summed E-state index contributed by atoms with van der Waals surface area (Å²) in [6.45, 7) is -0.238. The summed E-state index contributed by atoms with van der Waals surface area (Å²) in [5.74, 6) is -0.0778. The van der Waals surface area contributed by atoms with Gasteiger partial charge in [-0.15, -0.1) is 0 Å². The molecule has 1 N–H and O–H groups in total. The number of rotatable bonds is 5. The van der Waals surface area contributed by atoms with Gasteiger partial charge in [-0.3, -0.25) is 14.9 Å². The normalized spacial score (nSPS) is 10.3. The Morgan fingerprint density at radius 1 is 1.12 bits per heavy atom. The van der Waals surface area contributed by atoms with E-state index in [4.69, 9.17) is 4.74 Å². The van der Waals surface area contributed by atoms with Gasteiger partial charge in [-0.1, -0.05) is 12.1 Å². The van der Waals surface area contributed by atoms with E-state index in [1.165, 1.54) is 30.6 Å². The molecule has 2 aromatic carbocycles. The fraction of sp³-hybridized carbons (Fsp3) is 0.0625. The number of non-ortho nitro benzene ring substituents is 1. The maximum atomic E-state index is 11.9. The van der Waals surface area contributed by atoms with Crippen LogP contribution in [0.2, 0.25) is 0 Å². The minimum absolute atomic E-state index is 0.0447. The molecule has 0 aliphatic rings. The smallest absolute Gasteiger partial charge is 0.269 e. The monoisotopic (exact) mass is 324 g/mol. The summed E-state index contributed by atoms with van der Waals surface area (Å²) in [6.07, 6.45) is 1.37. The number of benzene rings is 2. The molecule has 0 atom stereocenters. The Bertz CT molecular complexity index is 891. The van der Waals surface area contributed by atoms with E-state index in [2.05, 4.69) is 15.3 Å². The van der Waals surface area contributed by atoms with Crippen molar-refractivity contribution < 1.29 is 14.5 Å². The van der Waals surface area contributed by atoms with E-state index in [9.17, 15) is 14.9 Å². The van der Waals surface area contributed by atoms with Crippen LogP contribution in [0.25, 0.3) is 10.9 Å². The van der Waals surface area contributed by atoms with E-state index in [0.717, 1.165) is 5.52 Å². The number of carbonyl (C=O) groups is 1. The van der Waals surface area contributed by atoms with Gasteiger partial charge in [0.05, 0.1) is 15.8 Å². The fourth-order valence-corrected chi connectivity index (χ4v) is 2.09. The van der Waals surface area contributed by atoms with Gasteiger partial charge < -0.3 is 10.1 Å². The third kappa shape index (κ3) is 3.43. The second kappa shape index (κ2) is 6.69. The van der Waals surface area contributed by atoms with Gasteiger partial charge >= 0.3 is 0 Å². The number of amides is 1. The molecule has 0 radical (unpaired) electrons. The van der Waals surface area contributed by atoms with E-state index < -0.39 is 10.8 Å². The van der Waals surface area contributed by atoms with Crippen LogP contribution in [-0.4, -0.2) is 27.4 Å². The van der Waals surface area contributed by atoms with Crippen LogP contribution in [0.5, 0.6) is 5.88 Å². The second-order valence-corrected chi connectivity index (χ2v) is 4.84. The van der Waals surface area contributed by atoms with Crippen LogP contribution in [0.1, 0.15) is 0 Å². The van der Waals surface area contributed by atoms with E-state index in [0.29, 0.717) is 17.0 Å². The van der Waals surface area contributed by atoms with Crippen molar-refractivity contribution in [3.05, 3.63) is 65.0 Å². The molecule has 1 heterocycles. The molecule has 0 unspecified atom stereocenters. The molecular formula is C16H12N4O4. The summed E-state index contributed by atoms with van der Waals surface area (Å²) in [5.41, 5.74) is 1.12. The van der Waals surface area contributed by atoms with Crippen LogP contribution in [0.3, 0.4) is 0 Å². The summed E-state index contributed by atoms with van der Waals surface area (Å²) < 4.78 is 5.44. The largest absolute Gasteiger partial charge is 0.467 e. The Morgan fingerprint density at radius 2 is 1.88 bits per heavy atom. The van der Waals surface area contributed by atoms with E-state index in [-0.39, 0.29) is 12.3 Å². The second-order valence-electron chi connectivity index (χ2n) is 4.84. The quantitative estimate of drug-likeness (QED) is 0.571. The number of nitro groups is 1. The number of nitrogens with one attached hydrogen (secondary N) is 1. The van der Waals surface area contributed by atoms with Crippen LogP contribution < -0.4 is 10.1 Å². The first-order valence-corrected chi connectivity index (χ1v) is 7.00. The zero-order valence-corrected chi connectivity index (χ0v) is 12.4. The Hall–Kier alpha value is -3.55. The third-order valence-electron chi connectivity index (χ3n) is 3.21. The lowest BCUT2D eigenvalue weighted by molar-refractivity contribution is -0.384. The summed E-state index contributed by atoms with van der Waals surface area (Å²) in [5, 5.41) is 13.9. The molecule has 3 rings (SSSR count). The topological polar surface area (TPSA) is 107 Å². The highest BCUT2D eigenvalue weighted by atomic mass is 16.6. The van der Waals surface area contributed by atoms with Crippen molar-refractivity contribution in [2.24, 2.45) is 0 Å². The summed E-state index contributed by atoms with van der Waals surface area (Å²) >= 11 is 0. The number of aromatic nitrogens is 2. The van der Waals surface area contributed by atoms with Crippen molar-refractivity contribution >= 4 is 28.2 Å². The molecule has 120 valence electrons. The minimum atomic E-state index is -0.505. The van der Waals surface area contributed by atoms with Crippen LogP contribution in [0.15, 0.2) is 54.9 Å². The molecule has 0 bridgehead atoms. The van der Waals surface area contributed by atoms with Crippen molar-refractivity contribution in [2.75, 3.05) is 11.9 Å². The van der Waals surface area contributed by atoms with Crippen LogP contribution in [0.4, 0.5) is 11.4 Å². The lowest BCUT2D eigenvalue weighted by Gasteiger charge is -2.08. The number of nitro benzene ring substituents is 1. The number of hydrogen-bond donors (Lipinski definition) is 1. The number of para-hydroxylation sites is 1. The molecule has 1 aromatic heterocycles. The number of hydrogen-bond acceptors (Lipinski definition) is 6. The number of nitrogens with zero attached hydrogens (tertiary/aromatic N) is 3. The molecule has 8 nitrogen and oxygen atoms in total. The molecule has 0 aliphatic carbocycles. The standard InChI is InChI=1S/C16H12N4O4/c21-15(19-11-5-7-12(8-6-11)20(22)23)9-24-16-13-3-1-2-4-14(13)17-10-18-16/h1-8,10H,9H2,(H,19,21). The highest BCUT2D eigenvalue weighted by molar-refractivity contribution is 5.92. The highest BCUT2D eigenvalue weighted by Crippen LogP contribution is 2.20. The van der Waals surface area contributed by atoms with Gasteiger partial charge in [-0.05, 0) is 24.3 Å². The highest BCUT2D eigenvalue weighted by Gasteiger charge is 2.09. The molecule has 0 spiro atoms. The number of fused-ring (bicyclic) bond motifs is 1. The van der Waals surface area contributed by atoms with Crippen molar-refractivity contribution in [1.29, 1.82) is 0 Å². The number of ether oxygens (including phenoxy) is 1. The molecule has 3 aromatic rings. The molecule has 8 heteroatoms. The Kier molecular flexibility index (Phi) is 4.28. The molecule has 0 aliphatic heterocycles. The molecule has 1 amide bonds. The minimum Gasteiger partial charge on any atom is -0.467 e.